The normalized spacial score (nSPS) is 8.86. The Hall–Kier alpha value is -1.17. The fourth-order valence-corrected chi connectivity index (χ4v) is 1.02. The van der Waals surface area contributed by atoms with Crippen molar-refractivity contribution in [3.63, 3.8) is 0 Å². The number of halogens is 2. The van der Waals surface area contributed by atoms with Crippen molar-refractivity contribution >= 4 is 27.3 Å². The van der Waals surface area contributed by atoms with E-state index in [2.05, 4.69) is 15.9 Å². The Balaban J connectivity index is 0.000000791. The number of nitrogen functional groups attached to an aromatic ring is 1. The Morgan fingerprint density at radius 2 is 2.00 bits per heavy atom. The zero-order valence-electron chi connectivity index (χ0n) is 7.75. The van der Waals surface area contributed by atoms with Crippen LogP contribution in [-0.4, -0.2) is 4.92 Å². The van der Waals surface area contributed by atoms with Gasteiger partial charge >= 0.3 is 5.69 Å². The third-order valence-corrected chi connectivity index (χ3v) is 1.95. The number of nitro groups is 1. The van der Waals surface area contributed by atoms with E-state index in [9.17, 15) is 14.5 Å². The predicted octanol–water partition coefficient (Wildman–Crippen LogP) is 3.10. The first-order valence-corrected chi connectivity index (χ1v) is 4.70. The summed E-state index contributed by atoms with van der Waals surface area (Å²) < 4.78 is 13.1. The number of nitrogens with zero attached hydrogens (tertiary/aromatic N) is 1. The molecule has 2 N–H and O–H groups in total. The van der Waals surface area contributed by atoms with Crippen LogP contribution in [0, 0.1) is 15.9 Å². The molecule has 0 aliphatic heterocycles. The van der Waals surface area contributed by atoms with Gasteiger partial charge in [0.05, 0.1) is 4.92 Å². The van der Waals surface area contributed by atoms with Gasteiger partial charge in [-0.1, -0.05) is 13.8 Å². The number of benzene rings is 1. The molecule has 0 radical (unpaired) electrons. The van der Waals surface area contributed by atoms with Gasteiger partial charge < -0.3 is 5.73 Å². The van der Waals surface area contributed by atoms with E-state index in [4.69, 9.17) is 5.73 Å². The molecule has 0 aliphatic rings. The predicted molar refractivity (Wildman–Crippen MR) is 56.5 cm³/mol. The molecular weight excluding hydrogens is 255 g/mol. The first-order chi connectivity index (χ1) is 6.52. The van der Waals surface area contributed by atoms with Gasteiger partial charge in [0.1, 0.15) is 0 Å². The molecule has 6 heteroatoms. The molecule has 0 heterocycles. The molecule has 0 fully saturated rings. The minimum atomic E-state index is -0.930. The Morgan fingerprint density at radius 1 is 1.50 bits per heavy atom. The van der Waals surface area contributed by atoms with Crippen LogP contribution in [-0.2, 0) is 0 Å². The third-order valence-electron chi connectivity index (χ3n) is 1.26. The molecule has 0 aliphatic carbocycles. The van der Waals surface area contributed by atoms with Crippen molar-refractivity contribution in [1.82, 2.24) is 0 Å². The summed E-state index contributed by atoms with van der Waals surface area (Å²) in [6.45, 7) is 4.00. The monoisotopic (exact) mass is 264 g/mol. The van der Waals surface area contributed by atoms with E-state index >= 15 is 0 Å². The second kappa shape index (κ2) is 5.54. The van der Waals surface area contributed by atoms with Crippen LogP contribution < -0.4 is 5.73 Å². The highest BCUT2D eigenvalue weighted by molar-refractivity contribution is 9.10. The van der Waals surface area contributed by atoms with Crippen molar-refractivity contribution < 1.29 is 9.31 Å². The van der Waals surface area contributed by atoms with Crippen LogP contribution in [0.4, 0.5) is 15.8 Å². The van der Waals surface area contributed by atoms with Gasteiger partial charge in [-0.15, -0.1) is 0 Å². The van der Waals surface area contributed by atoms with Crippen molar-refractivity contribution in [2.24, 2.45) is 0 Å². The summed E-state index contributed by atoms with van der Waals surface area (Å²) in [5.41, 5.74) is 4.83. The van der Waals surface area contributed by atoms with Crippen molar-refractivity contribution in [3.05, 3.63) is 32.5 Å². The van der Waals surface area contributed by atoms with Gasteiger partial charge in [0.15, 0.2) is 0 Å². The lowest BCUT2D eigenvalue weighted by atomic mass is 10.3. The van der Waals surface area contributed by atoms with Crippen LogP contribution >= 0.6 is 15.9 Å². The lowest BCUT2D eigenvalue weighted by Crippen LogP contribution is -1.95. The molecule has 1 rings (SSSR count). The van der Waals surface area contributed by atoms with Crippen molar-refractivity contribution in [1.29, 1.82) is 0 Å². The summed E-state index contributed by atoms with van der Waals surface area (Å²) >= 11 is 2.95. The maximum Gasteiger partial charge on any atom is 0.306 e. The Kier molecular flexibility index (Phi) is 5.07. The quantitative estimate of drug-likeness (QED) is 0.482. The number of nitrogens with two attached hydrogens (primary N) is 1. The van der Waals surface area contributed by atoms with Crippen molar-refractivity contribution in [2.75, 3.05) is 5.73 Å². The molecule has 0 amide bonds. The van der Waals surface area contributed by atoms with E-state index < -0.39 is 16.4 Å². The summed E-state index contributed by atoms with van der Waals surface area (Å²) in [6.07, 6.45) is 0. The maximum absolute atomic E-state index is 12.7. The minimum absolute atomic E-state index is 0.137. The highest BCUT2D eigenvalue weighted by Crippen LogP contribution is 2.27. The van der Waals surface area contributed by atoms with Gasteiger partial charge in [-0.05, 0) is 15.9 Å². The largest absolute Gasteiger partial charge is 0.398 e. The zero-order valence-corrected chi connectivity index (χ0v) is 9.34. The number of rotatable bonds is 1. The molecule has 0 spiro atoms. The molecule has 4 nitrogen and oxygen atoms in total. The third kappa shape index (κ3) is 2.95. The summed E-state index contributed by atoms with van der Waals surface area (Å²) in [4.78, 5) is 9.38. The average molecular weight is 265 g/mol. The fraction of sp³-hybridized carbons (Fsp3) is 0.250. The fourth-order valence-electron chi connectivity index (χ4n) is 0.692. The minimum Gasteiger partial charge on any atom is -0.398 e. The lowest BCUT2D eigenvalue weighted by Gasteiger charge is -1.98. The van der Waals surface area contributed by atoms with Crippen LogP contribution in [0.3, 0.4) is 0 Å². The second-order valence-electron chi connectivity index (χ2n) is 2.08. The second-order valence-corrected chi connectivity index (χ2v) is 2.94. The molecule has 1 aromatic carbocycles. The van der Waals surface area contributed by atoms with Gasteiger partial charge in [0.2, 0.25) is 5.82 Å². The summed E-state index contributed by atoms with van der Waals surface area (Å²) in [5, 5.41) is 10.2. The van der Waals surface area contributed by atoms with E-state index in [0.29, 0.717) is 4.47 Å². The molecular formula is C8H10BrFN2O2. The standard InChI is InChI=1S/C6H4BrFN2O2.C2H6/c7-3-1-6(10(11)12)4(8)2-5(3)9;1-2/h1-2H,9H2;1-2H3. The van der Waals surface area contributed by atoms with Gasteiger partial charge in [0.25, 0.3) is 0 Å². The maximum atomic E-state index is 12.7. The number of hydrogen-bond donors (Lipinski definition) is 1. The van der Waals surface area contributed by atoms with Crippen molar-refractivity contribution in [3.8, 4) is 0 Å². The molecule has 78 valence electrons. The average Bonchev–Trinajstić information content (AvgIpc) is 2.14. The van der Waals surface area contributed by atoms with E-state index in [1.165, 1.54) is 0 Å². The molecule has 0 bridgehead atoms. The molecule has 0 atom stereocenters. The van der Waals surface area contributed by atoms with Crippen LogP contribution in [0.2, 0.25) is 0 Å². The molecule has 1 aromatic rings. The number of anilines is 1. The van der Waals surface area contributed by atoms with E-state index in [0.717, 1.165) is 12.1 Å². The Morgan fingerprint density at radius 3 is 2.43 bits per heavy atom. The van der Waals surface area contributed by atoms with Gasteiger partial charge in [-0.2, -0.15) is 4.39 Å². The van der Waals surface area contributed by atoms with Crippen LogP contribution in [0.15, 0.2) is 16.6 Å². The molecule has 14 heavy (non-hydrogen) atoms. The zero-order chi connectivity index (χ0) is 11.3. The first-order valence-electron chi connectivity index (χ1n) is 3.91. The highest BCUT2D eigenvalue weighted by atomic mass is 79.9. The van der Waals surface area contributed by atoms with Crippen LogP contribution in [0.1, 0.15) is 13.8 Å². The first kappa shape index (κ1) is 12.8. The van der Waals surface area contributed by atoms with E-state index in [-0.39, 0.29) is 5.69 Å². The Bertz CT molecular complexity index is 344. The van der Waals surface area contributed by atoms with E-state index in [1.807, 2.05) is 13.8 Å². The summed E-state index contributed by atoms with van der Waals surface area (Å²) in [6, 6.07) is 1.94. The summed E-state index contributed by atoms with van der Waals surface area (Å²) in [7, 11) is 0. The summed E-state index contributed by atoms with van der Waals surface area (Å²) in [5.74, 6) is -0.930. The number of nitro benzene ring substituents is 1. The van der Waals surface area contributed by atoms with Gasteiger partial charge in [0, 0.05) is 22.3 Å². The highest BCUT2D eigenvalue weighted by Gasteiger charge is 2.15. The smallest absolute Gasteiger partial charge is 0.306 e. The molecule has 0 saturated carbocycles. The SMILES string of the molecule is CC.Nc1cc(F)c([N+](=O)[O-])cc1Br. The molecule has 0 aromatic heterocycles. The topological polar surface area (TPSA) is 69.2 Å². The molecule has 0 saturated heterocycles. The van der Waals surface area contributed by atoms with Crippen LogP contribution in [0.5, 0.6) is 0 Å². The van der Waals surface area contributed by atoms with Crippen LogP contribution in [0.25, 0.3) is 0 Å². The molecule has 0 unspecified atom stereocenters. The van der Waals surface area contributed by atoms with Crippen molar-refractivity contribution in [2.45, 2.75) is 13.8 Å². The van der Waals surface area contributed by atoms with Gasteiger partial charge in [-0.25, -0.2) is 0 Å². The lowest BCUT2D eigenvalue weighted by molar-refractivity contribution is -0.387. The Labute approximate surface area is 89.2 Å². The van der Waals surface area contributed by atoms with Gasteiger partial charge in [-0.3, -0.25) is 10.1 Å². The number of hydrogen-bond acceptors (Lipinski definition) is 3. The van der Waals surface area contributed by atoms with E-state index in [1.54, 1.807) is 0 Å².